The standard InChI is InChI=1S/C8H14N2O2/c11-7(12)8(4-9-5-8)10-3-6-1-2-6/h6,9-10H,1-5H2,(H,11,12). The highest BCUT2D eigenvalue weighted by atomic mass is 16.4. The summed E-state index contributed by atoms with van der Waals surface area (Å²) in [6.07, 6.45) is 2.52. The Labute approximate surface area is 71.3 Å². The van der Waals surface area contributed by atoms with E-state index in [0.29, 0.717) is 13.1 Å². The van der Waals surface area contributed by atoms with Gasteiger partial charge in [0.25, 0.3) is 0 Å². The Kier molecular flexibility index (Phi) is 1.81. The monoisotopic (exact) mass is 170 g/mol. The van der Waals surface area contributed by atoms with Crippen molar-refractivity contribution in [1.29, 1.82) is 0 Å². The van der Waals surface area contributed by atoms with Crippen LogP contribution in [0.2, 0.25) is 0 Å². The molecule has 0 spiro atoms. The minimum atomic E-state index is -0.720. The van der Waals surface area contributed by atoms with Crippen molar-refractivity contribution in [3.63, 3.8) is 0 Å². The molecule has 1 heterocycles. The van der Waals surface area contributed by atoms with E-state index in [1.54, 1.807) is 0 Å². The predicted molar refractivity (Wildman–Crippen MR) is 44.0 cm³/mol. The highest BCUT2D eigenvalue weighted by Gasteiger charge is 2.44. The maximum atomic E-state index is 10.8. The van der Waals surface area contributed by atoms with Gasteiger partial charge >= 0.3 is 5.97 Å². The molecule has 1 saturated carbocycles. The third kappa shape index (κ3) is 1.32. The molecule has 0 aromatic heterocycles. The summed E-state index contributed by atoms with van der Waals surface area (Å²) in [4.78, 5) is 10.8. The van der Waals surface area contributed by atoms with Crippen molar-refractivity contribution in [2.45, 2.75) is 18.4 Å². The number of rotatable bonds is 4. The van der Waals surface area contributed by atoms with Gasteiger partial charge in [0.2, 0.25) is 0 Å². The SMILES string of the molecule is O=C(O)C1(NCC2CC2)CNC1. The van der Waals surface area contributed by atoms with Crippen molar-refractivity contribution in [3.05, 3.63) is 0 Å². The fraction of sp³-hybridized carbons (Fsp3) is 0.875. The number of nitrogens with one attached hydrogen (secondary N) is 2. The maximum Gasteiger partial charge on any atom is 0.326 e. The lowest BCUT2D eigenvalue weighted by Gasteiger charge is -2.39. The summed E-state index contributed by atoms with van der Waals surface area (Å²) >= 11 is 0. The third-order valence-corrected chi connectivity index (χ3v) is 2.69. The van der Waals surface area contributed by atoms with Gasteiger partial charge in [-0.3, -0.25) is 10.1 Å². The molecule has 0 bridgehead atoms. The Bertz CT molecular complexity index is 197. The van der Waals surface area contributed by atoms with Crippen LogP contribution >= 0.6 is 0 Å². The van der Waals surface area contributed by atoms with Crippen LogP contribution < -0.4 is 10.6 Å². The van der Waals surface area contributed by atoms with Gasteiger partial charge in [-0.05, 0) is 25.3 Å². The van der Waals surface area contributed by atoms with Crippen LogP contribution in [-0.2, 0) is 4.79 Å². The summed E-state index contributed by atoms with van der Waals surface area (Å²) in [5, 5.41) is 15.0. The van der Waals surface area contributed by atoms with Crippen LogP contribution in [0.1, 0.15) is 12.8 Å². The van der Waals surface area contributed by atoms with Crippen molar-refractivity contribution in [3.8, 4) is 0 Å². The van der Waals surface area contributed by atoms with E-state index < -0.39 is 11.5 Å². The lowest BCUT2D eigenvalue weighted by atomic mass is 9.92. The van der Waals surface area contributed by atoms with E-state index in [2.05, 4.69) is 10.6 Å². The number of hydrogen-bond donors (Lipinski definition) is 3. The van der Waals surface area contributed by atoms with Crippen molar-refractivity contribution < 1.29 is 9.90 Å². The minimum Gasteiger partial charge on any atom is -0.480 e. The number of carbonyl (C=O) groups is 1. The van der Waals surface area contributed by atoms with Gasteiger partial charge in [-0.25, -0.2) is 0 Å². The first-order valence-corrected chi connectivity index (χ1v) is 4.42. The Morgan fingerprint density at radius 2 is 2.25 bits per heavy atom. The van der Waals surface area contributed by atoms with E-state index >= 15 is 0 Å². The molecular weight excluding hydrogens is 156 g/mol. The topological polar surface area (TPSA) is 61.4 Å². The molecule has 0 atom stereocenters. The molecule has 0 unspecified atom stereocenters. The maximum absolute atomic E-state index is 10.8. The Morgan fingerprint density at radius 3 is 2.58 bits per heavy atom. The van der Waals surface area contributed by atoms with E-state index in [-0.39, 0.29) is 0 Å². The molecule has 4 nitrogen and oxygen atoms in total. The van der Waals surface area contributed by atoms with Gasteiger partial charge in [-0.1, -0.05) is 0 Å². The van der Waals surface area contributed by atoms with Gasteiger partial charge < -0.3 is 10.4 Å². The third-order valence-electron chi connectivity index (χ3n) is 2.69. The molecule has 12 heavy (non-hydrogen) atoms. The van der Waals surface area contributed by atoms with Crippen molar-refractivity contribution in [1.82, 2.24) is 10.6 Å². The quantitative estimate of drug-likeness (QED) is 0.528. The first-order chi connectivity index (χ1) is 5.73. The zero-order valence-electron chi connectivity index (χ0n) is 6.97. The van der Waals surface area contributed by atoms with Crippen LogP contribution in [-0.4, -0.2) is 36.2 Å². The molecule has 0 radical (unpaired) electrons. The molecule has 0 aromatic carbocycles. The van der Waals surface area contributed by atoms with Crippen LogP contribution in [0, 0.1) is 5.92 Å². The molecule has 2 aliphatic rings. The van der Waals surface area contributed by atoms with Crippen LogP contribution in [0.25, 0.3) is 0 Å². The molecule has 68 valence electrons. The summed E-state index contributed by atoms with van der Waals surface area (Å²) in [5.74, 6) is 0.0173. The van der Waals surface area contributed by atoms with Crippen LogP contribution in [0.3, 0.4) is 0 Å². The summed E-state index contributed by atoms with van der Waals surface area (Å²) < 4.78 is 0. The Balaban J connectivity index is 1.84. The van der Waals surface area contributed by atoms with Gasteiger partial charge in [0, 0.05) is 13.1 Å². The average Bonchev–Trinajstić information content (AvgIpc) is 2.67. The van der Waals surface area contributed by atoms with Crippen molar-refractivity contribution in [2.75, 3.05) is 19.6 Å². The van der Waals surface area contributed by atoms with Crippen LogP contribution in [0.5, 0.6) is 0 Å². The second-order valence-corrected chi connectivity index (χ2v) is 3.82. The lowest BCUT2D eigenvalue weighted by molar-refractivity contribution is -0.147. The second-order valence-electron chi connectivity index (χ2n) is 3.82. The number of carboxylic acids is 1. The van der Waals surface area contributed by atoms with Gasteiger partial charge in [0.15, 0.2) is 0 Å². The smallest absolute Gasteiger partial charge is 0.326 e. The number of hydrogen-bond acceptors (Lipinski definition) is 3. The highest BCUT2D eigenvalue weighted by Crippen LogP contribution is 2.28. The van der Waals surface area contributed by atoms with Crippen LogP contribution in [0.4, 0.5) is 0 Å². The summed E-state index contributed by atoms with van der Waals surface area (Å²) in [7, 11) is 0. The Morgan fingerprint density at radius 1 is 1.58 bits per heavy atom. The molecule has 3 N–H and O–H groups in total. The molecule has 4 heteroatoms. The molecule has 0 aromatic rings. The second kappa shape index (κ2) is 2.71. The summed E-state index contributed by atoms with van der Waals surface area (Å²) in [6.45, 7) is 2.00. The molecule has 0 amide bonds. The molecule has 1 saturated heterocycles. The first kappa shape index (κ1) is 8.01. The zero-order valence-corrected chi connectivity index (χ0v) is 6.97. The van der Waals surface area contributed by atoms with Crippen LogP contribution in [0.15, 0.2) is 0 Å². The van der Waals surface area contributed by atoms with Gasteiger partial charge in [0.05, 0.1) is 0 Å². The molecule has 1 aliphatic heterocycles. The van der Waals surface area contributed by atoms with E-state index in [9.17, 15) is 4.79 Å². The predicted octanol–water partition coefficient (Wildman–Crippen LogP) is -0.587. The Hall–Kier alpha value is -0.610. The zero-order chi connectivity index (χ0) is 8.60. The highest BCUT2D eigenvalue weighted by molar-refractivity contribution is 5.81. The fourth-order valence-electron chi connectivity index (χ4n) is 1.39. The van der Waals surface area contributed by atoms with E-state index in [4.69, 9.17) is 5.11 Å². The van der Waals surface area contributed by atoms with Gasteiger partial charge in [-0.15, -0.1) is 0 Å². The van der Waals surface area contributed by atoms with E-state index in [1.807, 2.05) is 0 Å². The number of aliphatic carboxylic acids is 1. The molecule has 2 rings (SSSR count). The van der Waals surface area contributed by atoms with E-state index in [0.717, 1.165) is 12.5 Å². The molecule has 2 fully saturated rings. The van der Waals surface area contributed by atoms with Crippen molar-refractivity contribution >= 4 is 5.97 Å². The fourth-order valence-corrected chi connectivity index (χ4v) is 1.39. The largest absolute Gasteiger partial charge is 0.480 e. The molecule has 1 aliphatic carbocycles. The molecular formula is C8H14N2O2. The summed E-state index contributed by atoms with van der Waals surface area (Å²) in [5.41, 5.74) is -0.650. The minimum absolute atomic E-state index is 0.565. The number of carboxylic acid groups (broad SMARTS) is 1. The first-order valence-electron chi connectivity index (χ1n) is 4.42. The lowest BCUT2D eigenvalue weighted by Crippen LogP contribution is -2.72. The normalized spacial score (nSPS) is 26.3. The van der Waals surface area contributed by atoms with Crippen molar-refractivity contribution in [2.24, 2.45) is 5.92 Å². The summed E-state index contributed by atoms with van der Waals surface area (Å²) in [6, 6.07) is 0. The van der Waals surface area contributed by atoms with E-state index in [1.165, 1.54) is 12.8 Å². The van der Waals surface area contributed by atoms with Gasteiger partial charge in [-0.2, -0.15) is 0 Å². The van der Waals surface area contributed by atoms with Gasteiger partial charge in [0.1, 0.15) is 5.54 Å². The average molecular weight is 170 g/mol.